The molecule has 3 aromatic rings. The van der Waals surface area contributed by atoms with Crippen LogP contribution in [0.5, 0.6) is 0 Å². The van der Waals surface area contributed by atoms with E-state index in [1.54, 1.807) is 48.2 Å². The molecule has 0 radical (unpaired) electrons. The molecule has 34 heavy (non-hydrogen) atoms. The van der Waals surface area contributed by atoms with Gasteiger partial charge in [-0.25, -0.2) is 8.42 Å². The zero-order valence-electron chi connectivity index (χ0n) is 18.7. The highest BCUT2D eigenvalue weighted by Gasteiger charge is 2.27. The van der Waals surface area contributed by atoms with E-state index in [0.29, 0.717) is 17.3 Å². The average molecular weight is 538 g/mol. The minimum atomic E-state index is -3.96. The van der Waals surface area contributed by atoms with Crippen LogP contribution in [0.4, 0.5) is 5.69 Å². The smallest absolute Gasteiger partial charge is 0.264 e. The second-order valence-electron chi connectivity index (χ2n) is 7.61. The van der Waals surface area contributed by atoms with Gasteiger partial charge in [-0.05, 0) is 60.6 Å². The summed E-state index contributed by atoms with van der Waals surface area (Å²) in [6.07, 6.45) is 0.753. The van der Waals surface area contributed by atoms with Crippen molar-refractivity contribution in [3.63, 3.8) is 0 Å². The molecule has 3 aromatic carbocycles. The second-order valence-corrected chi connectivity index (χ2v) is 11.4. The van der Waals surface area contributed by atoms with Crippen molar-refractivity contribution >= 4 is 56.6 Å². The van der Waals surface area contributed by atoms with Crippen LogP contribution in [0.2, 0.25) is 10.0 Å². The second kappa shape index (κ2) is 12.5. The fourth-order valence-corrected chi connectivity index (χ4v) is 6.01. The summed E-state index contributed by atoms with van der Waals surface area (Å²) in [7, 11) is -3.96. The number of nitrogens with zero attached hydrogens (tertiary/aromatic N) is 1. The van der Waals surface area contributed by atoms with E-state index in [0.717, 1.165) is 38.4 Å². The third-order valence-electron chi connectivity index (χ3n) is 5.06. The van der Waals surface area contributed by atoms with Gasteiger partial charge in [-0.3, -0.25) is 9.10 Å². The quantitative estimate of drug-likeness (QED) is 0.308. The molecule has 1 amide bonds. The molecule has 0 bridgehead atoms. The first-order chi connectivity index (χ1) is 16.3. The van der Waals surface area contributed by atoms with Crippen molar-refractivity contribution in [2.45, 2.75) is 24.0 Å². The maximum Gasteiger partial charge on any atom is 0.264 e. The molecule has 0 saturated carbocycles. The molecule has 0 aliphatic rings. The van der Waals surface area contributed by atoms with Crippen LogP contribution in [0.25, 0.3) is 0 Å². The van der Waals surface area contributed by atoms with Crippen LogP contribution in [0.15, 0.2) is 77.7 Å². The van der Waals surface area contributed by atoms with Gasteiger partial charge < -0.3 is 5.32 Å². The third-order valence-corrected chi connectivity index (χ3v) is 8.72. The molecule has 1 N–H and O–H groups in total. The average Bonchev–Trinajstić information content (AvgIpc) is 2.83. The molecule has 0 atom stereocenters. The van der Waals surface area contributed by atoms with Gasteiger partial charge in [0, 0.05) is 22.3 Å². The van der Waals surface area contributed by atoms with Crippen LogP contribution in [0.3, 0.4) is 0 Å². The normalized spacial score (nSPS) is 11.3. The number of carbonyl (C=O) groups is 1. The van der Waals surface area contributed by atoms with E-state index in [1.165, 1.54) is 12.1 Å². The van der Waals surface area contributed by atoms with Gasteiger partial charge in [0.2, 0.25) is 5.91 Å². The van der Waals surface area contributed by atoms with Crippen LogP contribution in [0.1, 0.15) is 17.5 Å². The number of thioether (sulfide) groups is 1. The van der Waals surface area contributed by atoms with Gasteiger partial charge in [-0.15, -0.1) is 0 Å². The Morgan fingerprint density at radius 3 is 2.38 bits per heavy atom. The molecule has 0 unspecified atom stereocenters. The van der Waals surface area contributed by atoms with E-state index < -0.39 is 10.0 Å². The lowest BCUT2D eigenvalue weighted by molar-refractivity contribution is -0.119. The Hall–Kier alpha value is -2.19. The fourth-order valence-electron chi connectivity index (χ4n) is 3.16. The molecule has 3 rings (SSSR count). The number of anilines is 1. The predicted molar refractivity (Wildman–Crippen MR) is 142 cm³/mol. The molecular formula is C25H26Cl2N2O3S2. The molecule has 0 aliphatic heterocycles. The van der Waals surface area contributed by atoms with Gasteiger partial charge in [0.1, 0.15) is 6.54 Å². The summed E-state index contributed by atoms with van der Waals surface area (Å²) in [6, 6.07) is 20.7. The minimum absolute atomic E-state index is 0.107. The summed E-state index contributed by atoms with van der Waals surface area (Å²) in [5.74, 6) is 1.25. The van der Waals surface area contributed by atoms with Gasteiger partial charge in [0.15, 0.2) is 0 Å². The number of hydrogen-bond acceptors (Lipinski definition) is 4. The fraction of sp³-hybridized carbons (Fsp3) is 0.240. The Labute approximate surface area is 215 Å². The van der Waals surface area contributed by atoms with E-state index in [9.17, 15) is 13.2 Å². The summed E-state index contributed by atoms with van der Waals surface area (Å²) in [5.41, 5.74) is 2.24. The topological polar surface area (TPSA) is 66.5 Å². The molecule has 0 saturated heterocycles. The number of nitrogens with one attached hydrogen (secondary N) is 1. The lowest BCUT2D eigenvalue weighted by Gasteiger charge is -2.24. The number of carbonyl (C=O) groups excluding carboxylic acids is 1. The van der Waals surface area contributed by atoms with E-state index in [4.69, 9.17) is 23.2 Å². The van der Waals surface area contributed by atoms with E-state index in [1.807, 2.05) is 31.2 Å². The van der Waals surface area contributed by atoms with Crippen molar-refractivity contribution in [1.82, 2.24) is 5.32 Å². The molecule has 5 nitrogen and oxygen atoms in total. The van der Waals surface area contributed by atoms with E-state index in [2.05, 4.69) is 5.32 Å². The van der Waals surface area contributed by atoms with Crippen LogP contribution in [-0.2, 0) is 20.6 Å². The van der Waals surface area contributed by atoms with E-state index in [-0.39, 0.29) is 17.3 Å². The standard InChI is InChI=1S/C25H26Cl2N2O3S2/c1-19-12-13-21(16-24(19)27)29(34(31,32)22-9-3-2-4-10-22)17-25(30)28-14-7-15-33-18-20-8-5-6-11-23(20)26/h2-6,8-13,16H,7,14-15,17-18H2,1H3,(H,28,30). The van der Waals surface area contributed by atoms with Crippen LogP contribution < -0.4 is 9.62 Å². The van der Waals surface area contributed by atoms with Crippen LogP contribution >= 0.6 is 35.0 Å². The SMILES string of the molecule is Cc1ccc(N(CC(=O)NCCCSCc2ccccc2Cl)S(=O)(=O)c2ccccc2)cc1Cl. The summed E-state index contributed by atoms with van der Waals surface area (Å²) < 4.78 is 27.8. The summed E-state index contributed by atoms with van der Waals surface area (Å²) in [6.45, 7) is 1.93. The summed E-state index contributed by atoms with van der Waals surface area (Å²) >= 11 is 14.1. The largest absolute Gasteiger partial charge is 0.354 e. The van der Waals surface area contributed by atoms with Gasteiger partial charge in [0.25, 0.3) is 10.0 Å². The molecule has 0 fully saturated rings. The monoisotopic (exact) mass is 536 g/mol. The first kappa shape index (κ1) is 26.4. The highest BCUT2D eigenvalue weighted by atomic mass is 35.5. The van der Waals surface area contributed by atoms with Crippen molar-refractivity contribution in [1.29, 1.82) is 0 Å². The predicted octanol–water partition coefficient (Wildman–Crippen LogP) is 5.94. The molecule has 180 valence electrons. The van der Waals surface area contributed by atoms with Gasteiger partial charge in [0.05, 0.1) is 10.6 Å². The highest BCUT2D eigenvalue weighted by molar-refractivity contribution is 7.98. The molecule has 0 aliphatic carbocycles. The van der Waals surface area contributed by atoms with Crippen LogP contribution in [-0.4, -0.2) is 33.2 Å². The Morgan fingerprint density at radius 1 is 0.971 bits per heavy atom. The Bertz CT molecular complexity index is 1220. The Balaban J connectivity index is 1.60. The lowest BCUT2D eigenvalue weighted by atomic mass is 10.2. The highest BCUT2D eigenvalue weighted by Crippen LogP contribution is 2.28. The van der Waals surface area contributed by atoms with Gasteiger partial charge >= 0.3 is 0 Å². The number of amides is 1. The Morgan fingerprint density at radius 2 is 1.68 bits per heavy atom. The van der Waals surface area contributed by atoms with Crippen LogP contribution in [0, 0.1) is 6.92 Å². The first-order valence-electron chi connectivity index (χ1n) is 10.7. The van der Waals surface area contributed by atoms with Crippen molar-refractivity contribution in [2.24, 2.45) is 0 Å². The molecule has 9 heteroatoms. The van der Waals surface area contributed by atoms with E-state index >= 15 is 0 Å². The summed E-state index contributed by atoms with van der Waals surface area (Å²) in [4.78, 5) is 12.8. The van der Waals surface area contributed by atoms with Crippen molar-refractivity contribution in [3.05, 3.63) is 94.0 Å². The number of aryl methyl sites for hydroxylation is 1. The van der Waals surface area contributed by atoms with Crippen molar-refractivity contribution in [3.8, 4) is 0 Å². The maximum atomic E-state index is 13.3. The number of sulfonamides is 1. The lowest BCUT2D eigenvalue weighted by Crippen LogP contribution is -2.41. The maximum absolute atomic E-state index is 13.3. The zero-order chi connectivity index (χ0) is 24.6. The zero-order valence-corrected chi connectivity index (χ0v) is 21.9. The molecule has 0 spiro atoms. The molecule has 0 heterocycles. The number of benzene rings is 3. The van der Waals surface area contributed by atoms with Crippen molar-refractivity contribution < 1.29 is 13.2 Å². The minimum Gasteiger partial charge on any atom is -0.354 e. The number of rotatable bonds is 11. The van der Waals surface area contributed by atoms with Gasteiger partial charge in [-0.2, -0.15) is 11.8 Å². The summed E-state index contributed by atoms with van der Waals surface area (Å²) in [5, 5.41) is 4.01. The van der Waals surface area contributed by atoms with Crippen molar-refractivity contribution in [2.75, 3.05) is 23.1 Å². The first-order valence-corrected chi connectivity index (χ1v) is 14.1. The number of hydrogen-bond donors (Lipinski definition) is 1. The Kier molecular flexibility index (Phi) is 9.71. The third kappa shape index (κ3) is 7.15. The van der Waals surface area contributed by atoms with Gasteiger partial charge in [-0.1, -0.05) is 65.7 Å². The molecule has 0 aromatic heterocycles. The number of halogens is 2. The molecular weight excluding hydrogens is 511 g/mol.